The zero-order valence-corrected chi connectivity index (χ0v) is 18.0. The number of nitrogen functional groups attached to an aromatic ring is 1. The lowest BCUT2D eigenvalue weighted by Gasteiger charge is -2.30. The third-order valence-corrected chi connectivity index (χ3v) is 5.40. The fourth-order valence-electron chi connectivity index (χ4n) is 3.31. The molecular formula is C21H20Cl2N6O2. The molecule has 0 aliphatic carbocycles. The number of nitrogens with two attached hydrogens (primary N) is 1. The van der Waals surface area contributed by atoms with E-state index in [9.17, 15) is 4.79 Å². The minimum Gasteiger partial charge on any atom is -0.482 e. The van der Waals surface area contributed by atoms with E-state index in [-0.39, 0.29) is 6.61 Å². The predicted molar refractivity (Wildman–Crippen MR) is 121 cm³/mol. The van der Waals surface area contributed by atoms with Crippen molar-refractivity contribution in [1.82, 2.24) is 15.4 Å². The third kappa shape index (κ3) is 4.92. The molecule has 1 aromatic heterocycles. The Labute approximate surface area is 189 Å². The summed E-state index contributed by atoms with van der Waals surface area (Å²) >= 11 is 11.9. The van der Waals surface area contributed by atoms with Gasteiger partial charge in [0.25, 0.3) is 5.91 Å². The molecule has 0 unspecified atom stereocenters. The second kappa shape index (κ2) is 9.28. The molecule has 4 rings (SSSR count). The van der Waals surface area contributed by atoms with Crippen molar-refractivity contribution < 1.29 is 9.53 Å². The quantitative estimate of drug-likeness (QED) is 0.485. The fourth-order valence-corrected chi connectivity index (χ4v) is 3.78. The number of hydrogen-bond acceptors (Lipinski definition) is 7. The summed E-state index contributed by atoms with van der Waals surface area (Å²) in [6, 6.07) is 13.1. The summed E-state index contributed by atoms with van der Waals surface area (Å²) in [5, 5.41) is 0.803. The fraction of sp³-hybridized carbons (Fsp3) is 0.190. The van der Waals surface area contributed by atoms with Crippen LogP contribution in [0.1, 0.15) is 11.1 Å². The molecule has 8 nitrogen and oxygen atoms in total. The highest BCUT2D eigenvalue weighted by Gasteiger charge is 2.21. The van der Waals surface area contributed by atoms with Gasteiger partial charge in [0.2, 0.25) is 0 Å². The average molecular weight is 459 g/mol. The van der Waals surface area contributed by atoms with E-state index < -0.39 is 5.91 Å². The number of ether oxygens (including phenoxy) is 1. The summed E-state index contributed by atoms with van der Waals surface area (Å²) in [4.78, 5) is 22.7. The van der Waals surface area contributed by atoms with Gasteiger partial charge in [-0.2, -0.15) is 0 Å². The predicted octanol–water partition coefficient (Wildman–Crippen LogP) is 3.45. The zero-order chi connectivity index (χ0) is 21.8. The number of carbonyl (C=O) groups excluding carboxylic acids is 1. The molecule has 0 radical (unpaired) electrons. The Morgan fingerprint density at radius 1 is 1.16 bits per heavy atom. The van der Waals surface area contributed by atoms with E-state index in [1.165, 1.54) is 23.5 Å². The molecule has 1 aliphatic heterocycles. The van der Waals surface area contributed by atoms with Crippen molar-refractivity contribution in [2.24, 2.45) is 0 Å². The Kier molecular flexibility index (Phi) is 6.29. The molecule has 31 heavy (non-hydrogen) atoms. The SMILES string of the molecule is Nc1c(NNC(=O)COc2ccc(Cl)cc2Cl)ncnc1N1CCc2ccccc2C1. The molecule has 2 heterocycles. The van der Waals surface area contributed by atoms with E-state index in [4.69, 9.17) is 33.7 Å². The van der Waals surface area contributed by atoms with Crippen LogP contribution >= 0.6 is 23.2 Å². The first-order chi connectivity index (χ1) is 15.0. The van der Waals surface area contributed by atoms with Gasteiger partial charge in [-0.05, 0) is 35.7 Å². The van der Waals surface area contributed by atoms with Crippen LogP contribution in [-0.2, 0) is 17.8 Å². The van der Waals surface area contributed by atoms with Gasteiger partial charge in [0.1, 0.15) is 17.8 Å². The molecule has 2 aromatic carbocycles. The molecule has 10 heteroatoms. The van der Waals surface area contributed by atoms with Crippen molar-refractivity contribution in [3.8, 4) is 5.75 Å². The van der Waals surface area contributed by atoms with Gasteiger partial charge in [0.05, 0.1) is 5.02 Å². The van der Waals surface area contributed by atoms with Gasteiger partial charge in [-0.15, -0.1) is 0 Å². The molecule has 1 amide bonds. The van der Waals surface area contributed by atoms with Crippen LogP contribution in [0, 0.1) is 0 Å². The molecule has 0 saturated heterocycles. The van der Waals surface area contributed by atoms with Crippen LogP contribution in [0.3, 0.4) is 0 Å². The number of carbonyl (C=O) groups is 1. The van der Waals surface area contributed by atoms with E-state index >= 15 is 0 Å². The van der Waals surface area contributed by atoms with Crippen molar-refractivity contribution >= 4 is 46.4 Å². The molecule has 0 saturated carbocycles. The highest BCUT2D eigenvalue weighted by molar-refractivity contribution is 6.35. The minimum atomic E-state index is -0.433. The minimum absolute atomic E-state index is 0.255. The lowest BCUT2D eigenvalue weighted by molar-refractivity contribution is -0.122. The number of halogens is 2. The number of hydrazine groups is 1. The number of fused-ring (bicyclic) bond motifs is 1. The summed E-state index contributed by atoms with van der Waals surface area (Å²) in [7, 11) is 0. The second-order valence-corrected chi connectivity index (χ2v) is 7.78. The molecule has 4 N–H and O–H groups in total. The van der Waals surface area contributed by atoms with Gasteiger partial charge in [-0.3, -0.25) is 15.6 Å². The molecule has 3 aromatic rings. The van der Waals surface area contributed by atoms with Gasteiger partial charge in [-0.25, -0.2) is 9.97 Å². The number of nitrogens with one attached hydrogen (secondary N) is 2. The Balaban J connectivity index is 1.37. The van der Waals surface area contributed by atoms with E-state index in [0.29, 0.717) is 39.7 Å². The Morgan fingerprint density at radius 3 is 2.77 bits per heavy atom. The van der Waals surface area contributed by atoms with Crippen molar-refractivity contribution in [2.45, 2.75) is 13.0 Å². The number of aromatic nitrogens is 2. The van der Waals surface area contributed by atoms with Crippen LogP contribution in [0.15, 0.2) is 48.8 Å². The summed E-state index contributed by atoms with van der Waals surface area (Å²) in [5.41, 5.74) is 14.5. The molecule has 0 fully saturated rings. The second-order valence-electron chi connectivity index (χ2n) is 6.94. The van der Waals surface area contributed by atoms with Crippen molar-refractivity contribution in [1.29, 1.82) is 0 Å². The molecule has 160 valence electrons. The average Bonchev–Trinajstić information content (AvgIpc) is 2.77. The zero-order valence-electron chi connectivity index (χ0n) is 16.4. The highest BCUT2D eigenvalue weighted by Crippen LogP contribution is 2.30. The maximum absolute atomic E-state index is 12.1. The summed E-state index contributed by atoms with van der Waals surface area (Å²) in [6.45, 7) is 1.24. The smallest absolute Gasteiger partial charge is 0.276 e. The van der Waals surface area contributed by atoms with Gasteiger partial charge in [0, 0.05) is 18.1 Å². The van der Waals surface area contributed by atoms with Crippen molar-refractivity contribution in [3.63, 3.8) is 0 Å². The maximum atomic E-state index is 12.1. The van der Waals surface area contributed by atoms with E-state index in [1.54, 1.807) is 12.1 Å². The van der Waals surface area contributed by atoms with Gasteiger partial charge < -0.3 is 15.4 Å². The van der Waals surface area contributed by atoms with Gasteiger partial charge >= 0.3 is 0 Å². The molecule has 0 spiro atoms. The molecule has 0 bridgehead atoms. The van der Waals surface area contributed by atoms with E-state index in [2.05, 4.69) is 37.9 Å². The highest BCUT2D eigenvalue weighted by atomic mass is 35.5. The summed E-state index contributed by atoms with van der Waals surface area (Å²) in [5.74, 6) is 0.847. The van der Waals surface area contributed by atoms with Crippen LogP contribution in [0.5, 0.6) is 5.75 Å². The van der Waals surface area contributed by atoms with Crippen LogP contribution in [0.25, 0.3) is 0 Å². The van der Waals surface area contributed by atoms with Crippen LogP contribution in [0.2, 0.25) is 10.0 Å². The summed E-state index contributed by atoms with van der Waals surface area (Å²) < 4.78 is 5.41. The van der Waals surface area contributed by atoms with Crippen molar-refractivity contribution in [3.05, 3.63) is 70.0 Å². The first kappa shape index (κ1) is 21.0. The number of rotatable bonds is 6. The number of anilines is 3. The first-order valence-electron chi connectivity index (χ1n) is 9.56. The van der Waals surface area contributed by atoms with Crippen LogP contribution < -0.4 is 26.2 Å². The standard InChI is InChI=1S/C21H20Cl2N6O2/c22-15-5-6-17(16(23)9-15)31-11-18(30)27-28-20-19(24)21(26-12-25-20)29-8-7-13-3-1-2-4-14(13)10-29/h1-6,9,12H,7-8,10-11,24H2,(H,27,30)(H,25,26,28). The first-order valence-corrected chi connectivity index (χ1v) is 10.3. The molecule has 1 aliphatic rings. The normalized spacial score (nSPS) is 12.8. The van der Waals surface area contributed by atoms with E-state index in [1.807, 2.05) is 12.1 Å². The Hall–Kier alpha value is -3.23. The summed E-state index contributed by atoms with van der Waals surface area (Å²) in [6.07, 6.45) is 2.31. The van der Waals surface area contributed by atoms with Crippen LogP contribution in [-0.4, -0.2) is 29.0 Å². The lowest BCUT2D eigenvalue weighted by atomic mass is 10.00. The number of benzene rings is 2. The van der Waals surface area contributed by atoms with Gasteiger partial charge in [-0.1, -0.05) is 47.5 Å². The molecular weight excluding hydrogens is 439 g/mol. The Bertz CT molecular complexity index is 1110. The topological polar surface area (TPSA) is 105 Å². The number of hydrogen-bond donors (Lipinski definition) is 3. The Morgan fingerprint density at radius 2 is 1.97 bits per heavy atom. The van der Waals surface area contributed by atoms with Crippen molar-refractivity contribution in [2.75, 3.05) is 29.2 Å². The lowest BCUT2D eigenvalue weighted by Crippen LogP contribution is -2.35. The van der Waals surface area contributed by atoms with Crippen LogP contribution in [0.4, 0.5) is 17.3 Å². The monoisotopic (exact) mass is 458 g/mol. The molecule has 0 atom stereocenters. The number of amides is 1. The third-order valence-electron chi connectivity index (χ3n) is 4.87. The van der Waals surface area contributed by atoms with Gasteiger partial charge in [0.15, 0.2) is 18.2 Å². The number of nitrogens with zero attached hydrogens (tertiary/aromatic N) is 3. The van der Waals surface area contributed by atoms with E-state index in [0.717, 1.165) is 13.0 Å². The maximum Gasteiger partial charge on any atom is 0.276 e. The largest absolute Gasteiger partial charge is 0.482 e.